The molecule has 1 aromatic heterocycles. The number of ether oxygens (including phenoxy) is 2. The van der Waals surface area contributed by atoms with Gasteiger partial charge in [0.25, 0.3) is 5.91 Å². The van der Waals surface area contributed by atoms with Crippen molar-refractivity contribution in [3.05, 3.63) is 53.9 Å². The molecule has 0 saturated heterocycles. The first-order valence-corrected chi connectivity index (χ1v) is 14.2. The summed E-state index contributed by atoms with van der Waals surface area (Å²) in [4.78, 5) is 12.7. The van der Waals surface area contributed by atoms with Crippen molar-refractivity contribution in [2.75, 3.05) is 13.7 Å². The van der Waals surface area contributed by atoms with Crippen LogP contribution >= 0.6 is 0 Å². The second kappa shape index (κ2) is 21.1. The Kier molecular flexibility index (Phi) is 19.0. The lowest BCUT2D eigenvalue weighted by molar-refractivity contribution is -0.697. The van der Waals surface area contributed by atoms with Gasteiger partial charge in [0.1, 0.15) is 6.54 Å². The van der Waals surface area contributed by atoms with Crippen LogP contribution in [0.2, 0.25) is 0 Å². The molecule has 0 unspecified atom stereocenters. The molecular weight excluding hydrogens is 575 g/mol. The van der Waals surface area contributed by atoms with E-state index in [4.69, 9.17) is 9.47 Å². The van der Waals surface area contributed by atoms with E-state index in [9.17, 15) is 4.79 Å². The highest BCUT2D eigenvalue weighted by Crippen LogP contribution is 2.28. The zero-order chi connectivity index (χ0) is 25.8. The summed E-state index contributed by atoms with van der Waals surface area (Å²) >= 11 is 0. The molecule has 0 aliphatic heterocycles. The van der Waals surface area contributed by atoms with E-state index in [1.165, 1.54) is 70.6 Å². The molecule has 208 valence electrons. The van der Waals surface area contributed by atoms with Crippen molar-refractivity contribution < 1.29 is 42.8 Å². The Labute approximate surface area is 242 Å². The molecule has 5 nitrogen and oxygen atoms in total. The number of methoxy groups -OCH3 is 1. The van der Waals surface area contributed by atoms with Crippen LogP contribution in [0, 0.1) is 0 Å². The minimum atomic E-state index is -0.119. The molecule has 2 rings (SSSR count). The second-order valence-electron chi connectivity index (χ2n) is 9.74. The van der Waals surface area contributed by atoms with Gasteiger partial charge in [0.2, 0.25) is 0 Å². The number of carbonyl (C=O) groups excluding carboxylic acids is 1. The van der Waals surface area contributed by atoms with Crippen molar-refractivity contribution >= 4 is 5.91 Å². The molecule has 1 heterocycles. The average molecular weight is 625 g/mol. The molecule has 6 heteroatoms. The molecular formula is C31H49IN2O3. The van der Waals surface area contributed by atoms with Crippen LogP contribution in [0.25, 0.3) is 0 Å². The standard InChI is InChI=1S/C31H48N2O3.HI/c1-4-6-7-8-9-10-11-12-13-14-15-16-23-36-29-20-19-28(24-30(29)35-3)31(34)32-25-27-18-17-22-33(26-27)21-5-2;/h17-20,22,24,26H,4-16,21,23,25H2,1-3H3;1H. The first kappa shape index (κ1) is 33.2. The van der Waals surface area contributed by atoms with Crippen molar-refractivity contribution in [3.63, 3.8) is 0 Å². The summed E-state index contributed by atoms with van der Waals surface area (Å²) in [6.45, 7) is 6.56. The number of nitrogens with zero attached hydrogens (tertiary/aromatic N) is 1. The number of rotatable bonds is 20. The SMILES string of the molecule is CCCCCCCCCCCCCCOc1ccc(C(=O)NCc2ccc[n+](CCC)c2)cc1OC.[I-]. The van der Waals surface area contributed by atoms with Crippen LogP contribution in [0.4, 0.5) is 0 Å². The van der Waals surface area contributed by atoms with Crippen LogP contribution in [-0.2, 0) is 13.1 Å². The number of amides is 1. The molecule has 0 aliphatic rings. The van der Waals surface area contributed by atoms with E-state index in [1.54, 1.807) is 19.2 Å². The Bertz CT molecular complexity index is 875. The minimum Gasteiger partial charge on any atom is -1.00 e. The molecule has 0 atom stereocenters. The van der Waals surface area contributed by atoms with Gasteiger partial charge in [0.05, 0.1) is 13.7 Å². The fourth-order valence-corrected chi connectivity index (χ4v) is 4.42. The summed E-state index contributed by atoms with van der Waals surface area (Å²) in [6.07, 6.45) is 21.1. The Morgan fingerprint density at radius 1 is 0.838 bits per heavy atom. The summed E-state index contributed by atoms with van der Waals surface area (Å²) in [6, 6.07) is 9.45. The van der Waals surface area contributed by atoms with E-state index < -0.39 is 0 Å². The molecule has 0 spiro atoms. The predicted molar refractivity (Wildman–Crippen MR) is 148 cm³/mol. The smallest absolute Gasteiger partial charge is 0.251 e. The Morgan fingerprint density at radius 3 is 2.11 bits per heavy atom. The number of benzene rings is 1. The number of nitrogens with one attached hydrogen (secondary N) is 1. The molecule has 0 fully saturated rings. The summed E-state index contributed by atoms with van der Waals surface area (Å²) in [5.41, 5.74) is 1.65. The van der Waals surface area contributed by atoms with Gasteiger partial charge in [0, 0.05) is 30.2 Å². The zero-order valence-corrected chi connectivity index (χ0v) is 25.6. The number of hydrogen-bond donors (Lipinski definition) is 1. The minimum absolute atomic E-state index is 0. The molecule has 0 saturated carbocycles. The predicted octanol–water partition coefficient (Wildman–Crippen LogP) is 4.41. The fraction of sp³-hybridized carbons (Fsp3) is 0.613. The van der Waals surface area contributed by atoms with Crippen LogP contribution < -0.4 is 43.3 Å². The normalized spacial score (nSPS) is 10.6. The lowest BCUT2D eigenvalue weighted by atomic mass is 10.1. The number of hydrogen-bond acceptors (Lipinski definition) is 3. The third kappa shape index (κ3) is 14.0. The number of aryl methyl sites for hydroxylation is 1. The van der Waals surface area contributed by atoms with Gasteiger partial charge >= 0.3 is 0 Å². The first-order chi connectivity index (χ1) is 17.7. The van der Waals surface area contributed by atoms with E-state index in [0.29, 0.717) is 30.2 Å². The number of halogens is 1. The summed E-state index contributed by atoms with van der Waals surface area (Å²) < 4.78 is 13.6. The molecule has 2 aromatic rings. The topological polar surface area (TPSA) is 51.4 Å². The van der Waals surface area contributed by atoms with Gasteiger partial charge in [0.15, 0.2) is 23.9 Å². The third-order valence-corrected chi connectivity index (χ3v) is 6.54. The molecule has 0 aliphatic carbocycles. The Hall–Kier alpha value is -1.83. The van der Waals surface area contributed by atoms with Crippen LogP contribution in [0.3, 0.4) is 0 Å². The maximum absolute atomic E-state index is 12.7. The molecule has 0 radical (unpaired) electrons. The summed E-state index contributed by atoms with van der Waals surface area (Å²) in [7, 11) is 1.62. The number of unbranched alkanes of at least 4 members (excludes halogenated alkanes) is 11. The van der Waals surface area contributed by atoms with Gasteiger partial charge in [-0.25, -0.2) is 4.57 Å². The number of aromatic nitrogens is 1. The number of carbonyl (C=O) groups is 1. The molecule has 37 heavy (non-hydrogen) atoms. The van der Waals surface area contributed by atoms with E-state index >= 15 is 0 Å². The van der Waals surface area contributed by atoms with Gasteiger partial charge in [-0.05, 0) is 30.7 Å². The highest BCUT2D eigenvalue weighted by molar-refractivity contribution is 5.94. The van der Waals surface area contributed by atoms with Crippen LogP contribution in [0.5, 0.6) is 11.5 Å². The van der Waals surface area contributed by atoms with Gasteiger partial charge in [-0.2, -0.15) is 0 Å². The van der Waals surface area contributed by atoms with Gasteiger partial charge in [-0.3, -0.25) is 4.79 Å². The Morgan fingerprint density at radius 2 is 1.49 bits per heavy atom. The van der Waals surface area contributed by atoms with Gasteiger partial charge < -0.3 is 38.8 Å². The van der Waals surface area contributed by atoms with Crippen molar-refractivity contribution in [1.29, 1.82) is 0 Å². The quantitative estimate of drug-likeness (QED) is 0.135. The van der Waals surface area contributed by atoms with Gasteiger partial charge in [-0.15, -0.1) is 0 Å². The molecule has 1 amide bonds. The lowest BCUT2D eigenvalue weighted by Gasteiger charge is -2.12. The zero-order valence-electron chi connectivity index (χ0n) is 23.4. The third-order valence-electron chi connectivity index (χ3n) is 6.54. The molecule has 1 aromatic carbocycles. The largest absolute Gasteiger partial charge is 1.00 e. The average Bonchev–Trinajstić information content (AvgIpc) is 2.90. The molecule has 1 N–H and O–H groups in total. The van der Waals surface area contributed by atoms with Crippen molar-refractivity contribution in [3.8, 4) is 11.5 Å². The monoisotopic (exact) mass is 624 g/mol. The maximum Gasteiger partial charge on any atom is 0.251 e. The van der Waals surface area contributed by atoms with Crippen molar-refractivity contribution in [1.82, 2.24) is 5.32 Å². The fourth-order valence-electron chi connectivity index (χ4n) is 4.42. The first-order valence-electron chi connectivity index (χ1n) is 14.2. The van der Waals surface area contributed by atoms with E-state index in [2.05, 4.69) is 36.1 Å². The van der Waals surface area contributed by atoms with Crippen LogP contribution in [0.1, 0.15) is 113 Å². The van der Waals surface area contributed by atoms with Gasteiger partial charge in [-0.1, -0.05) is 84.5 Å². The second-order valence-corrected chi connectivity index (χ2v) is 9.74. The lowest BCUT2D eigenvalue weighted by Crippen LogP contribution is -3.00. The highest BCUT2D eigenvalue weighted by Gasteiger charge is 2.12. The van der Waals surface area contributed by atoms with Crippen molar-refractivity contribution in [2.24, 2.45) is 0 Å². The summed E-state index contributed by atoms with van der Waals surface area (Å²) in [5.74, 6) is 1.18. The van der Waals surface area contributed by atoms with E-state index in [-0.39, 0.29) is 29.9 Å². The highest BCUT2D eigenvalue weighted by atomic mass is 127. The van der Waals surface area contributed by atoms with Crippen LogP contribution in [-0.4, -0.2) is 19.6 Å². The van der Waals surface area contributed by atoms with E-state index in [1.807, 2.05) is 18.2 Å². The molecule has 0 bridgehead atoms. The number of pyridine rings is 1. The van der Waals surface area contributed by atoms with Crippen LogP contribution in [0.15, 0.2) is 42.7 Å². The maximum atomic E-state index is 12.7. The van der Waals surface area contributed by atoms with Crippen molar-refractivity contribution in [2.45, 2.75) is 110 Å². The van der Waals surface area contributed by atoms with E-state index in [0.717, 1.165) is 24.9 Å². The Balaban J connectivity index is 0.00000684. The summed E-state index contributed by atoms with van der Waals surface area (Å²) in [5, 5.41) is 3.00.